The van der Waals surface area contributed by atoms with Gasteiger partial charge < -0.3 is 15.0 Å². The van der Waals surface area contributed by atoms with E-state index in [9.17, 15) is 9.59 Å². The molecule has 2 aromatic carbocycles. The van der Waals surface area contributed by atoms with E-state index in [0.29, 0.717) is 35.5 Å². The summed E-state index contributed by atoms with van der Waals surface area (Å²) in [5, 5.41) is 11.7. The van der Waals surface area contributed by atoms with E-state index in [1.807, 2.05) is 19.9 Å². The molecule has 0 aromatic heterocycles. The molecule has 0 saturated carbocycles. The average molecular weight is 363 g/mol. The predicted molar refractivity (Wildman–Crippen MR) is 101 cm³/mol. The molecule has 2 aromatic rings. The largest absolute Gasteiger partial charge is 0.372 e. The standard InChI is InChI=1S/C21H21N3O3/c1-14-12-24(13-15(2)27-14)21(26)18-5-3-4-6-19(18)23-20(25)17-9-7-16(11-22)8-10-17/h3-10,14-15H,12-13H2,1-2H3,(H,23,25). The van der Waals surface area contributed by atoms with Crippen molar-refractivity contribution in [2.24, 2.45) is 0 Å². The van der Waals surface area contributed by atoms with Gasteiger partial charge in [0.05, 0.1) is 35.1 Å². The number of hydrogen-bond acceptors (Lipinski definition) is 4. The summed E-state index contributed by atoms with van der Waals surface area (Å²) in [6, 6.07) is 15.3. The lowest BCUT2D eigenvalue weighted by atomic mass is 10.1. The first-order valence-electron chi connectivity index (χ1n) is 8.83. The highest BCUT2D eigenvalue weighted by Gasteiger charge is 2.28. The number of nitriles is 1. The van der Waals surface area contributed by atoms with Crippen LogP contribution in [0.4, 0.5) is 5.69 Å². The molecule has 1 fully saturated rings. The minimum atomic E-state index is -0.330. The maximum absolute atomic E-state index is 13.0. The first-order valence-corrected chi connectivity index (χ1v) is 8.83. The fraction of sp³-hybridized carbons (Fsp3) is 0.286. The van der Waals surface area contributed by atoms with E-state index in [1.54, 1.807) is 53.4 Å². The molecule has 2 atom stereocenters. The number of benzene rings is 2. The molecular weight excluding hydrogens is 342 g/mol. The minimum Gasteiger partial charge on any atom is -0.372 e. The second kappa shape index (κ2) is 8.02. The van der Waals surface area contributed by atoms with Gasteiger partial charge in [-0.3, -0.25) is 9.59 Å². The van der Waals surface area contributed by atoms with Gasteiger partial charge in [-0.25, -0.2) is 0 Å². The summed E-state index contributed by atoms with van der Waals surface area (Å²) in [4.78, 5) is 27.3. The molecule has 138 valence electrons. The third-order valence-corrected chi connectivity index (χ3v) is 4.39. The van der Waals surface area contributed by atoms with Crippen LogP contribution in [-0.4, -0.2) is 42.0 Å². The van der Waals surface area contributed by atoms with Crippen LogP contribution in [0.15, 0.2) is 48.5 Å². The van der Waals surface area contributed by atoms with E-state index in [0.717, 1.165) is 0 Å². The zero-order valence-corrected chi connectivity index (χ0v) is 15.3. The summed E-state index contributed by atoms with van der Waals surface area (Å²) in [5.41, 5.74) is 1.81. The molecule has 2 unspecified atom stereocenters. The maximum Gasteiger partial charge on any atom is 0.256 e. The lowest BCUT2D eigenvalue weighted by molar-refractivity contribution is -0.0585. The van der Waals surface area contributed by atoms with Crippen LogP contribution >= 0.6 is 0 Å². The topological polar surface area (TPSA) is 82.4 Å². The van der Waals surface area contributed by atoms with Crippen molar-refractivity contribution in [3.63, 3.8) is 0 Å². The Morgan fingerprint density at radius 1 is 1.07 bits per heavy atom. The van der Waals surface area contributed by atoms with Crippen molar-refractivity contribution in [3.05, 3.63) is 65.2 Å². The molecule has 0 aliphatic carbocycles. The van der Waals surface area contributed by atoms with Crippen LogP contribution in [0.2, 0.25) is 0 Å². The van der Waals surface area contributed by atoms with E-state index in [1.165, 1.54) is 0 Å². The van der Waals surface area contributed by atoms with E-state index in [-0.39, 0.29) is 24.0 Å². The number of amides is 2. The first-order chi connectivity index (χ1) is 13.0. The Hall–Kier alpha value is -3.17. The fourth-order valence-corrected chi connectivity index (χ4v) is 3.18. The summed E-state index contributed by atoms with van der Waals surface area (Å²) >= 11 is 0. The normalized spacial score (nSPS) is 19.2. The number of morpholine rings is 1. The first kappa shape index (κ1) is 18.6. The molecule has 1 saturated heterocycles. The summed E-state index contributed by atoms with van der Waals surface area (Å²) in [5.74, 6) is -0.462. The summed E-state index contributed by atoms with van der Waals surface area (Å²) in [6.07, 6.45) is -0.0591. The summed E-state index contributed by atoms with van der Waals surface area (Å²) in [6.45, 7) is 4.91. The molecule has 2 amide bonds. The van der Waals surface area contributed by atoms with Crippen molar-refractivity contribution < 1.29 is 14.3 Å². The van der Waals surface area contributed by atoms with Crippen LogP contribution in [0.1, 0.15) is 40.1 Å². The number of para-hydroxylation sites is 1. The highest BCUT2D eigenvalue weighted by molar-refractivity contribution is 6.09. The van der Waals surface area contributed by atoms with Gasteiger partial charge in [0.2, 0.25) is 0 Å². The number of ether oxygens (including phenoxy) is 1. The number of carbonyl (C=O) groups excluding carboxylic acids is 2. The van der Waals surface area contributed by atoms with Crippen LogP contribution < -0.4 is 5.32 Å². The number of hydrogen-bond donors (Lipinski definition) is 1. The second-order valence-electron chi connectivity index (χ2n) is 6.66. The SMILES string of the molecule is CC1CN(C(=O)c2ccccc2NC(=O)c2ccc(C#N)cc2)CC(C)O1. The maximum atomic E-state index is 13.0. The van der Waals surface area contributed by atoms with Crippen LogP contribution in [0.25, 0.3) is 0 Å². The van der Waals surface area contributed by atoms with Crippen LogP contribution in [0, 0.1) is 11.3 Å². The molecule has 6 heteroatoms. The second-order valence-corrected chi connectivity index (χ2v) is 6.66. The minimum absolute atomic E-state index is 0.0295. The molecule has 1 aliphatic heterocycles. The lowest BCUT2D eigenvalue weighted by Gasteiger charge is -2.35. The number of nitrogens with zero attached hydrogens (tertiary/aromatic N) is 2. The van der Waals surface area contributed by atoms with Crippen molar-refractivity contribution in [3.8, 4) is 6.07 Å². The zero-order valence-electron chi connectivity index (χ0n) is 15.3. The van der Waals surface area contributed by atoms with Crippen molar-refractivity contribution in [1.82, 2.24) is 4.90 Å². The van der Waals surface area contributed by atoms with Gasteiger partial charge in [-0.2, -0.15) is 5.26 Å². The molecule has 27 heavy (non-hydrogen) atoms. The highest BCUT2D eigenvalue weighted by Crippen LogP contribution is 2.21. The van der Waals surface area contributed by atoms with Gasteiger partial charge in [0.15, 0.2) is 0 Å². The Morgan fingerprint density at radius 3 is 2.33 bits per heavy atom. The van der Waals surface area contributed by atoms with Gasteiger partial charge in [-0.05, 0) is 50.2 Å². The molecule has 1 aliphatic rings. The molecule has 0 radical (unpaired) electrons. The van der Waals surface area contributed by atoms with Crippen molar-refractivity contribution >= 4 is 17.5 Å². The van der Waals surface area contributed by atoms with Gasteiger partial charge in [0, 0.05) is 18.7 Å². The smallest absolute Gasteiger partial charge is 0.256 e. The fourth-order valence-electron chi connectivity index (χ4n) is 3.18. The van der Waals surface area contributed by atoms with Crippen molar-refractivity contribution in [1.29, 1.82) is 5.26 Å². The van der Waals surface area contributed by atoms with Gasteiger partial charge in [-0.1, -0.05) is 12.1 Å². The van der Waals surface area contributed by atoms with E-state index in [4.69, 9.17) is 10.00 Å². The third-order valence-electron chi connectivity index (χ3n) is 4.39. The van der Waals surface area contributed by atoms with Crippen LogP contribution in [0.5, 0.6) is 0 Å². The van der Waals surface area contributed by atoms with E-state index >= 15 is 0 Å². The monoisotopic (exact) mass is 363 g/mol. The number of nitrogens with one attached hydrogen (secondary N) is 1. The Bertz CT molecular complexity index is 876. The van der Waals surface area contributed by atoms with Crippen molar-refractivity contribution in [2.45, 2.75) is 26.1 Å². The zero-order chi connectivity index (χ0) is 19.4. The summed E-state index contributed by atoms with van der Waals surface area (Å²) in [7, 11) is 0. The van der Waals surface area contributed by atoms with Gasteiger partial charge in [-0.15, -0.1) is 0 Å². The summed E-state index contributed by atoms with van der Waals surface area (Å²) < 4.78 is 5.69. The Morgan fingerprint density at radius 2 is 1.70 bits per heavy atom. The molecule has 0 bridgehead atoms. The van der Waals surface area contributed by atoms with Crippen LogP contribution in [0.3, 0.4) is 0 Å². The van der Waals surface area contributed by atoms with E-state index in [2.05, 4.69) is 5.32 Å². The Kier molecular flexibility index (Phi) is 5.53. The molecule has 1 heterocycles. The van der Waals surface area contributed by atoms with Gasteiger partial charge in [0.25, 0.3) is 11.8 Å². The number of rotatable bonds is 3. The lowest BCUT2D eigenvalue weighted by Crippen LogP contribution is -2.48. The quantitative estimate of drug-likeness (QED) is 0.908. The molecule has 6 nitrogen and oxygen atoms in total. The van der Waals surface area contributed by atoms with Gasteiger partial charge >= 0.3 is 0 Å². The molecular formula is C21H21N3O3. The van der Waals surface area contributed by atoms with Crippen LogP contribution in [-0.2, 0) is 4.74 Å². The highest BCUT2D eigenvalue weighted by atomic mass is 16.5. The number of anilines is 1. The predicted octanol–water partition coefficient (Wildman–Crippen LogP) is 3.06. The molecule has 0 spiro atoms. The molecule has 1 N–H and O–H groups in total. The van der Waals surface area contributed by atoms with Crippen molar-refractivity contribution in [2.75, 3.05) is 18.4 Å². The average Bonchev–Trinajstić information content (AvgIpc) is 2.67. The third kappa shape index (κ3) is 4.33. The molecule has 3 rings (SSSR count). The Balaban J connectivity index is 1.80. The van der Waals surface area contributed by atoms with Gasteiger partial charge in [0.1, 0.15) is 0 Å². The van der Waals surface area contributed by atoms with E-state index < -0.39 is 0 Å². The number of carbonyl (C=O) groups is 2. The Labute approximate surface area is 158 Å².